The van der Waals surface area contributed by atoms with Gasteiger partial charge in [-0.05, 0) is 362 Å². The van der Waals surface area contributed by atoms with E-state index in [1.807, 2.05) is 42.2 Å². The van der Waals surface area contributed by atoms with Gasteiger partial charge in [-0.2, -0.15) is 0 Å². The van der Waals surface area contributed by atoms with E-state index >= 15 is 0 Å². The number of hydrogen-bond donors (Lipinski definition) is 0. The van der Waals surface area contributed by atoms with Gasteiger partial charge in [-0.1, -0.05) is 138 Å². The first-order chi connectivity index (χ1) is 54.8. The molecule has 0 unspecified atom stereocenters. The van der Waals surface area contributed by atoms with Gasteiger partial charge in [-0.15, -0.1) is 35.3 Å². The fourth-order valence-corrected chi connectivity index (χ4v) is 26.4. The molecule has 0 aromatic heterocycles. The zero-order chi connectivity index (χ0) is 102. The van der Waals surface area contributed by atoms with Crippen LogP contribution in [0.1, 0.15) is 463 Å². The molecule has 13 rings (SSSR count). The number of rotatable bonds is 0. The van der Waals surface area contributed by atoms with E-state index in [1.165, 1.54) is 40.4 Å². The van der Waals surface area contributed by atoms with Gasteiger partial charge in [0.2, 0.25) is 0 Å². The lowest BCUT2D eigenvalue weighted by Gasteiger charge is -2.79. The minimum absolute atomic E-state index is 0.00704. The first kappa shape index (κ1) is 119. The van der Waals surface area contributed by atoms with E-state index < -0.39 is 0 Å². The Bertz CT molecular complexity index is 4010. The highest BCUT2D eigenvalue weighted by molar-refractivity contribution is 8.15. The second-order valence-corrected chi connectivity index (χ2v) is 60.9. The molecule has 0 radical (unpaired) electrons. The Morgan fingerprint density at radius 3 is 0.717 bits per heavy atom. The molecule has 13 aliphatic heterocycles. The van der Waals surface area contributed by atoms with Crippen LogP contribution in [0.25, 0.3) is 0 Å². The minimum Gasteiger partial charge on any atom is -0.475 e. The van der Waals surface area contributed by atoms with Crippen molar-refractivity contribution in [2.45, 2.75) is 566 Å². The Morgan fingerprint density at radius 2 is 0.496 bits per heavy atom. The van der Waals surface area contributed by atoms with Gasteiger partial charge in [0.25, 0.3) is 0 Å². The van der Waals surface area contributed by atoms with Gasteiger partial charge in [0.15, 0.2) is 5.90 Å². The maximum atomic E-state index is 5.77. The van der Waals surface area contributed by atoms with Gasteiger partial charge in [0, 0.05) is 104 Å². The van der Waals surface area contributed by atoms with Crippen LogP contribution in [0.3, 0.4) is 0 Å². The highest BCUT2D eigenvalue weighted by atomic mass is 32.2. The fraction of sp³-hybridized carbons (Fsp3) is 0.927. The van der Waals surface area contributed by atoms with Crippen LogP contribution in [0.2, 0.25) is 0 Å². The van der Waals surface area contributed by atoms with Gasteiger partial charge in [-0.25, -0.2) is 4.99 Å². The summed E-state index contributed by atoms with van der Waals surface area (Å²) in [6, 6.07) is 0. The highest BCUT2D eigenvalue weighted by Gasteiger charge is 2.77. The average molecular weight is 1830 g/mol. The summed E-state index contributed by atoms with van der Waals surface area (Å²) in [5.74, 6) is 4.22. The third-order valence-electron chi connectivity index (χ3n) is 43.8. The molecule has 0 N–H and O–H groups in total. The van der Waals surface area contributed by atoms with Crippen LogP contribution in [-0.2, 0) is 4.74 Å². The lowest BCUT2D eigenvalue weighted by atomic mass is 9.37. The molecule has 742 valence electrons. The Morgan fingerprint density at radius 1 is 0.236 bits per heavy atom. The monoisotopic (exact) mass is 1830 g/mol. The highest BCUT2D eigenvalue weighted by Crippen LogP contribution is 2.75. The molecule has 0 aromatic rings. The largest absolute Gasteiger partial charge is 0.475 e. The molecule has 4 bridgehead atoms. The lowest BCUT2D eigenvalue weighted by molar-refractivity contribution is -0.293. The van der Waals surface area contributed by atoms with Crippen LogP contribution in [0.5, 0.6) is 0 Å². The van der Waals surface area contributed by atoms with Crippen molar-refractivity contribution >= 4 is 79.5 Å². The SMILES string of the molecule is CC1(C)N2CC(C)(C1(C)C)C(C)(C)C2(C)C.CC1(C)N2CCC(C)(C1(C)C)C(C)(C)C2(C)C.CC1=NC(C)(C)C(C)(C)C(C)(C)N1C.CC1=NC(C)(C)C(C)(C)C(C)(C)O1.CC1=NC(C)(C)C(C)(C)C(C)(C)S1.CC1=NC(C)(C)C(C)(C)C1(C)C.CC1=NC(C)(C)C(C)(C)N1C.CC1=NC(C)(C)C(C)(C)N1C.CC1=NC(C)(C)C(C)(C)S1.CC1=NC(C)(C)C(C)(C)S1. The van der Waals surface area contributed by atoms with Crippen LogP contribution in [0.15, 0.2) is 39.9 Å². The van der Waals surface area contributed by atoms with E-state index in [-0.39, 0.29) is 119 Å². The molecule has 127 heavy (non-hydrogen) atoms. The normalized spacial score (nSPS) is 32.9. The van der Waals surface area contributed by atoms with Gasteiger partial charge in [0.1, 0.15) is 5.60 Å². The van der Waals surface area contributed by atoms with Crippen molar-refractivity contribution in [3.8, 4) is 0 Å². The predicted octanol–water partition coefficient (Wildman–Crippen LogP) is 30.5. The van der Waals surface area contributed by atoms with Crippen molar-refractivity contribution in [3.05, 3.63) is 0 Å². The molecular weight excluding hydrogens is 1620 g/mol. The molecule has 0 aliphatic carbocycles. The molecule has 17 heteroatoms. The number of hydrogen-bond acceptors (Lipinski definition) is 17. The van der Waals surface area contributed by atoms with Crippen LogP contribution in [0.4, 0.5) is 0 Å². The molecule has 0 atom stereocenters. The minimum atomic E-state index is -0.150. The lowest BCUT2D eigenvalue weighted by Crippen LogP contribution is -2.82. The number of amidine groups is 3. The second-order valence-electron chi connectivity index (χ2n) is 55.5. The van der Waals surface area contributed by atoms with Crippen LogP contribution < -0.4 is 0 Å². The van der Waals surface area contributed by atoms with E-state index in [4.69, 9.17) is 19.7 Å². The van der Waals surface area contributed by atoms with Gasteiger partial charge < -0.3 is 19.4 Å². The van der Waals surface area contributed by atoms with Crippen molar-refractivity contribution in [3.63, 3.8) is 0 Å². The van der Waals surface area contributed by atoms with Crippen molar-refractivity contribution in [1.29, 1.82) is 0 Å². The molecule has 5 fully saturated rings. The number of thioether (sulfide) groups is 3. The van der Waals surface area contributed by atoms with Gasteiger partial charge >= 0.3 is 0 Å². The number of ether oxygens (including phenoxy) is 1. The molecule has 0 spiro atoms. The maximum Gasteiger partial charge on any atom is 0.181 e. The van der Waals surface area contributed by atoms with Crippen LogP contribution >= 0.6 is 35.3 Å². The zero-order valence-electron chi connectivity index (χ0n) is 97.6. The number of piperidine rings is 4. The summed E-state index contributed by atoms with van der Waals surface area (Å²) in [5, 5.41) is 3.65. The fourth-order valence-electron chi connectivity index (χ4n) is 22.3. The maximum absolute atomic E-state index is 5.77. The van der Waals surface area contributed by atoms with E-state index in [0.717, 1.165) is 23.4 Å². The molecule has 0 aromatic carbocycles. The molecular formula is C110H213N13OS3. The summed E-state index contributed by atoms with van der Waals surface area (Å²) in [7, 11) is 6.34. The van der Waals surface area contributed by atoms with Crippen molar-refractivity contribution in [2.75, 3.05) is 34.2 Å². The Kier molecular flexibility index (Phi) is 32.3. The number of aliphatic imine (C=N–C) groups is 8. The van der Waals surface area contributed by atoms with Crippen LogP contribution in [0, 0.1) is 59.6 Å². The van der Waals surface area contributed by atoms with Crippen LogP contribution in [-0.4, -0.2) is 206 Å². The van der Waals surface area contributed by atoms with Crippen molar-refractivity contribution < 1.29 is 4.74 Å². The van der Waals surface area contributed by atoms with Crippen molar-refractivity contribution in [2.24, 2.45) is 99.5 Å². The number of likely N-dealkylation sites (N-methyl/N-ethyl adjacent to an activating group) is 2. The predicted molar refractivity (Wildman–Crippen MR) is 578 cm³/mol. The summed E-state index contributed by atoms with van der Waals surface area (Å²) in [4.78, 5) is 49.4. The summed E-state index contributed by atoms with van der Waals surface area (Å²) >= 11 is 5.66. The smallest absolute Gasteiger partial charge is 0.181 e. The van der Waals surface area contributed by atoms with Gasteiger partial charge in [0.05, 0.1) is 88.0 Å². The molecule has 5 saturated heterocycles. The van der Waals surface area contributed by atoms with E-state index in [1.54, 1.807) is 0 Å². The molecule has 13 aliphatic rings. The Balaban J connectivity index is 0.000000366. The zero-order valence-corrected chi connectivity index (χ0v) is 100. The summed E-state index contributed by atoms with van der Waals surface area (Å²) in [5.41, 5.74) is 6.25. The summed E-state index contributed by atoms with van der Waals surface area (Å²) in [6.45, 7) is 153. The number of fused-ring (bicyclic) bond motifs is 5. The first-order valence-corrected chi connectivity index (χ1v) is 51.3. The molecule has 13 heterocycles. The second kappa shape index (κ2) is 34.6. The Hall–Kier alpha value is -2.47. The Labute approximate surface area is 803 Å². The summed E-state index contributed by atoms with van der Waals surface area (Å²) in [6.07, 6.45) is 1.33. The van der Waals surface area contributed by atoms with E-state index in [2.05, 4.69) is 521 Å². The topological polar surface area (TPSA) is 124 Å². The van der Waals surface area contributed by atoms with Gasteiger partial charge in [-0.3, -0.25) is 44.7 Å². The summed E-state index contributed by atoms with van der Waals surface area (Å²) < 4.78 is 6.59. The molecule has 14 nitrogen and oxygen atoms in total. The van der Waals surface area contributed by atoms with E-state index in [0.29, 0.717) is 43.6 Å². The molecule has 0 saturated carbocycles. The number of nitrogens with zero attached hydrogens (tertiary/aromatic N) is 13. The average Bonchev–Trinajstić information content (AvgIpc) is 1.63. The first-order valence-electron chi connectivity index (χ1n) is 48.9. The van der Waals surface area contributed by atoms with E-state index in [9.17, 15) is 0 Å². The quantitative estimate of drug-likeness (QED) is 0.233. The molecule has 0 amide bonds. The van der Waals surface area contributed by atoms with Crippen molar-refractivity contribution in [1.82, 2.24) is 24.5 Å². The standard InChI is InChI=1S/C16H31N.C15H29N.C12H24N2.C11H21NO.C11H21NS.C11H21N.2C9H18N2.2C8H15NS/c1-12(2)14(5,6)17-11-10-16(12,9)13(3,4)15(17,7)8;1-11(2)13(5,6)16-10-15(11,9)12(3,4)14(16,7)8;1-9-13-11(4,5)10(2,3)12(6,7)14(9)8;2*1-8-12-10(4,5)9(2,3)11(6,7)13-8;1-8-9(2,3)10(4,5)11(6,7)12-8;2*1-7-10-8(2,3)9(4,5)11(7)6;2*1-6-9-7(2,3)8(4,5)10-6/h10-11H2,1-9H3;10H2,1-9H3;1-8H3;2*1-7H3;1-7H3;2*1-6H3;2*1-5H3. The third-order valence-corrected chi connectivity index (χ3v) is 48.0. The third kappa shape index (κ3) is 19.2.